The summed E-state index contributed by atoms with van der Waals surface area (Å²) in [5, 5.41) is 2.67. The summed E-state index contributed by atoms with van der Waals surface area (Å²) < 4.78 is 38.9. The maximum absolute atomic E-state index is 12.8. The second kappa shape index (κ2) is 4.18. The van der Waals surface area contributed by atoms with E-state index in [-0.39, 0.29) is 0 Å². The molecule has 1 saturated heterocycles. The van der Waals surface area contributed by atoms with Crippen molar-refractivity contribution in [3.8, 4) is 0 Å². The number of thiazole rings is 1. The van der Waals surface area contributed by atoms with E-state index in [1.54, 1.807) is 0 Å². The van der Waals surface area contributed by atoms with Gasteiger partial charge < -0.3 is 5.32 Å². The number of alkyl halides is 3. The molecule has 1 fully saturated rings. The Bertz CT molecular complexity index is 677. The molecule has 2 bridgehead atoms. The number of hydrogen-bond donors (Lipinski definition) is 1. The molecule has 1 N–H and O–H groups in total. The highest BCUT2D eigenvalue weighted by Gasteiger charge is 2.36. The summed E-state index contributed by atoms with van der Waals surface area (Å²) in [6.45, 7) is 1.94. The second-order valence-corrected chi connectivity index (χ2v) is 6.73. The van der Waals surface area contributed by atoms with Gasteiger partial charge in [-0.3, -0.25) is 0 Å². The molecule has 2 aliphatic rings. The molecule has 0 saturated carbocycles. The van der Waals surface area contributed by atoms with E-state index in [0.717, 1.165) is 37.3 Å². The summed E-state index contributed by atoms with van der Waals surface area (Å²) in [4.78, 5) is 3.77. The Morgan fingerprint density at radius 3 is 2.90 bits per heavy atom. The first-order valence-electron chi connectivity index (χ1n) is 6.72. The van der Waals surface area contributed by atoms with E-state index < -0.39 is 11.2 Å². The molecule has 2 nitrogen and oxygen atoms in total. The van der Waals surface area contributed by atoms with Crippen LogP contribution in [0.2, 0.25) is 0 Å². The smallest absolute Gasteiger partial charge is 0.316 e. The van der Waals surface area contributed by atoms with E-state index >= 15 is 0 Å². The zero-order valence-corrected chi connectivity index (χ0v) is 11.4. The maximum atomic E-state index is 12.8. The molecule has 1 aromatic carbocycles. The molecule has 0 radical (unpaired) electrons. The van der Waals surface area contributed by atoms with Gasteiger partial charge >= 0.3 is 6.18 Å². The van der Waals surface area contributed by atoms with E-state index in [2.05, 4.69) is 10.3 Å². The number of nitrogens with zero attached hydrogens (tertiary/aromatic N) is 1. The predicted molar refractivity (Wildman–Crippen MR) is 72.0 cm³/mol. The highest BCUT2D eigenvalue weighted by molar-refractivity contribution is 7.18. The van der Waals surface area contributed by atoms with Crippen molar-refractivity contribution in [3.63, 3.8) is 0 Å². The van der Waals surface area contributed by atoms with E-state index in [1.807, 2.05) is 12.1 Å². The third-order valence-corrected chi connectivity index (χ3v) is 5.34. The normalized spacial score (nSPS) is 25.8. The van der Waals surface area contributed by atoms with Crippen LogP contribution in [0, 0.1) is 5.92 Å². The lowest BCUT2D eigenvalue weighted by Crippen LogP contribution is -2.39. The van der Waals surface area contributed by atoms with Crippen molar-refractivity contribution in [1.82, 2.24) is 10.3 Å². The van der Waals surface area contributed by atoms with Gasteiger partial charge in [0.25, 0.3) is 0 Å². The van der Waals surface area contributed by atoms with Crippen LogP contribution in [0.5, 0.6) is 0 Å². The summed E-state index contributed by atoms with van der Waals surface area (Å²) in [6, 6.07) is 3.81. The lowest BCUT2D eigenvalue weighted by atomic mass is 9.74. The van der Waals surface area contributed by atoms with Crippen molar-refractivity contribution in [2.24, 2.45) is 5.92 Å². The van der Waals surface area contributed by atoms with E-state index in [1.165, 1.54) is 11.1 Å². The molecule has 2 heterocycles. The first-order chi connectivity index (χ1) is 9.50. The largest absolute Gasteiger partial charge is 0.443 e. The third kappa shape index (κ3) is 1.93. The van der Waals surface area contributed by atoms with Crippen LogP contribution in [0.15, 0.2) is 12.1 Å². The number of rotatable bonds is 0. The number of benzene rings is 1. The van der Waals surface area contributed by atoms with Gasteiger partial charge in [0.1, 0.15) is 0 Å². The Labute approximate surface area is 118 Å². The Hall–Kier alpha value is -1.14. The SMILES string of the molecule is FC(F)(F)c1nc2cc3c(cc2s1)CC1CNCC3C1. The van der Waals surface area contributed by atoms with Gasteiger partial charge in [0, 0.05) is 6.54 Å². The lowest BCUT2D eigenvalue weighted by molar-refractivity contribution is -0.137. The van der Waals surface area contributed by atoms with Crippen molar-refractivity contribution in [1.29, 1.82) is 0 Å². The highest BCUT2D eigenvalue weighted by Crippen LogP contribution is 2.41. The van der Waals surface area contributed by atoms with Crippen molar-refractivity contribution >= 4 is 21.6 Å². The lowest BCUT2D eigenvalue weighted by Gasteiger charge is -2.36. The second-order valence-electron chi connectivity index (χ2n) is 5.70. The number of halogens is 3. The molecular weight excluding hydrogens is 285 g/mol. The van der Waals surface area contributed by atoms with Gasteiger partial charge in [0.05, 0.1) is 10.2 Å². The summed E-state index contributed by atoms with van der Waals surface area (Å²) in [5.41, 5.74) is 2.91. The predicted octanol–water partition coefficient (Wildman–Crippen LogP) is 3.56. The van der Waals surface area contributed by atoms with Crippen LogP contribution in [0.3, 0.4) is 0 Å². The molecule has 1 aromatic heterocycles. The maximum Gasteiger partial charge on any atom is 0.443 e. The molecule has 4 rings (SSSR count). The van der Waals surface area contributed by atoms with Crippen molar-refractivity contribution < 1.29 is 13.2 Å². The molecule has 1 aliphatic heterocycles. The van der Waals surface area contributed by atoms with Crippen LogP contribution in [-0.2, 0) is 12.6 Å². The Morgan fingerprint density at radius 1 is 1.25 bits per heavy atom. The van der Waals surface area contributed by atoms with Crippen LogP contribution in [0.1, 0.15) is 28.5 Å². The molecule has 106 valence electrons. The Morgan fingerprint density at radius 2 is 2.10 bits per heavy atom. The standard InChI is InChI=1S/C14H13F3N2S/c15-14(16,17)13-19-11-4-10-8(3-12(11)20-13)1-7-2-9(10)6-18-5-7/h3-4,7,9,18H,1-2,5-6H2. The molecular formula is C14H13F3N2S. The molecule has 0 spiro atoms. The Kier molecular flexibility index (Phi) is 2.63. The summed E-state index contributed by atoms with van der Waals surface area (Å²) in [5.74, 6) is 1.05. The fourth-order valence-corrected chi connectivity index (χ4v) is 4.32. The van der Waals surface area contributed by atoms with Gasteiger partial charge in [-0.2, -0.15) is 13.2 Å². The number of nitrogens with one attached hydrogen (secondary N) is 1. The van der Waals surface area contributed by atoms with Gasteiger partial charge in [-0.05, 0) is 54.5 Å². The van der Waals surface area contributed by atoms with Crippen LogP contribution >= 0.6 is 11.3 Å². The van der Waals surface area contributed by atoms with Gasteiger partial charge in [-0.25, -0.2) is 4.98 Å². The molecule has 20 heavy (non-hydrogen) atoms. The van der Waals surface area contributed by atoms with Crippen molar-refractivity contribution in [2.75, 3.05) is 13.1 Å². The van der Waals surface area contributed by atoms with Crippen LogP contribution in [0.25, 0.3) is 10.2 Å². The van der Waals surface area contributed by atoms with Gasteiger partial charge in [0.2, 0.25) is 0 Å². The molecule has 2 unspecified atom stereocenters. The van der Waals surface area contributed by atoms with Crippen molar-refractivity contribution in [2.45, 2.75) is 24.9 Å². The van der Waals surface area contributed by atoms with E-state index in [9.17, 15) is 13.2 Å². The number of hydrogen-bond acceptors (Lipinski definition) is 3. The molecule has 2 atom stereocenters. The monoisotopic (exact) mass is 298 g/mol. The van der Waals surface area contributed by atoms with E-state index in [4.69, 9.17) is 0 Å². The van der Waals surface area contributed by atoms with Crippen LogP contribution < -0.4 is 5.32 Å². The zero-order chi connectivity index (χ0) is 13.9. The van der Waals surface area contributed by atoms with Gasteiger partial charge in [0.15, 0.2) is 5.01 Å². The van der Waals surface area contributed by atoms with Gasteiger partial charge in [-0.1, -0.05) is 0 Å². The minimum absolute atomic E-state index is 0.429. The summed E-state index contributed by atoms with van der Waals surface area (Å²) in [6.07, 6.45) is -2.24. The summed E-state index contributed by atoms with van der Waals surface area (Å²) in [7, 11) is 0. The fraction of sp³-hybridized carbons (Fsp3) is 0.500. The van der Waals surface area contributed by atoms with Gasteiger partial charge in [-0.15, -0.1) is 11.3 Å². The minimum atomic E-state index is -4.35. The topological polar surface area (TPSA) is 24.9 Å². The van der Waals surface area contributed by atoms with Crippen molar-refractivity contribution in [3.05, 3.63) is 28.3 Å². The molecule has 0 amide bonds. The molecule has 1 aliphatic carbocycles. The quantitative estimate of drug-likeness (QED) is 0.804. The summed E-state index contributed by atoms with van der Waals surface area (Å²) >= 11 is 0.753. The number of aromatic nitrogens is 1. The first kappa shape index (κ1) is 12.6. The molecule has 2 aromatic rings. The fourth-order valence-electron chi connectivity index (χ4n) is 3.44. The van der Waals surface area contributed by atoms with E-state index in [0.29, 0.717) is 22.1 Å². The Balaban J connectivity index is 1.86. The highest BCUT2D eigenvalue weighted by atomic mass is 32.1. The number of piperidine rings is 1. The first-order valence-corrected chi connectivity index (χ1v) is 7.53. The minimum Gasteiger partial charge on any atom is -0.316 e. The zero-order valence-electron chi connectivity index (χ0n) is 10.6. The van der Waals surface area contributed by atoms with Crippen LogP contribution in [-0.4, -0.2) is 18.1 Å². The number of fused-ring (bicyclic) bond motifs is 5. The third-order valence-electron chi connectivity index (χ3n) is 4.28. The average molecular weight is 298 g/mol. The average Bonchev–Trinajstić information content (AvgIpc) is 2.80. The van der Waals surface area contributed by atoms with Crippen LogP contribution in [0.4, 0.5) is 13.2 Å². The molecule has 6 heteroatoms.